The lowest BCUT2D eigenvalue weighted by Crippen LogP contribution is -2.75. The number of rotatable bonds is 0. The number of carbonyl (C=O) groups excluding carboxylic acids is 1. The van der Waals surface area contributed by atoms with Crippen LogP contribution >= 0.6 is 0 Å². The number of aliphatic hydroxyl groups is 1. The van der Waals surface area contributed by atoms with Gasteiger partial charge >= 0.3 is 5.97 Å². The van der Waals surface area contributed by atoms with Crippen LogP contribution in [0.3, 0.4) is 0 Å². The second kappa shape index (κ2) is 5.78. The Morgan fingerprint density at radius 2 is 1.81 bits per heavy atom. The van der Waals surface area contributed by atoms with Crippen LogP contribution in [0.4, 0.5) is 0 Å². The third kappa shape index (κ3) is 2.15. The average Bonchev–Trinajstić information content (AvgIpc) is 3.10. The summed E-state index contributed by atoms with van der Waals surface area (Å²) in [6, 6.07) is 5.29. The van der Waals surface area contributed by atoms with E-state index < -0.39 is 11.2 Å². The average molecular weight is 427 g/mol. The maximum atomic E-state index is 12.8. The number of phenolic OH excluding ortho intramolecular Hbond substituents is 1. The van der Waals surface area contributed by atoms with Gasteiger partial charge in [-0.05, 0) is 82.4 Å². The molecule has 1 spiro atoms. The molecule has 7 atom stereocenters. The van der Waals surface area contributed by atoms with Gasteiger partial charge in [-0.2, -0.15) is 0 Å². The monoisotopic (exact) mass is 426 g/mol. The number of aromatic hydroxyl groups is 1. The van der Waals surface area contributed by atoms with Gasteiger partial charge in [0.1, 0.15) is 22.7 Å². The molecule has 31 heavy (non-hydrogen) atoms. The molecule has 6 rings (SSSR count). The van der Waals surface area contributed by atoms with Crippen LogP contribution in [0.1, 0.15) is 71.3 Å². The van der Waals surface area contributed by atoms with Crippen molar-refractivity contribution in [3.8, 4) is 11.5 Å². The van der Waals surface area contributed by atoms with Crippen molar-refractivity contribution in [2.24, 2.45) is 28.1 Å². The maximum Gasteiger partial charge on any atom is 0.312 e. The van der Waals surface area contributed by atoms with Crippen LogP contribution in [-0.4, -0.2) is 34.0 Å². The summed E-state index contributed by atoms with van der Waals surface area (Å²) < 4.78 is 12.7. The Labute approximate surface area is 184 Å². The smallest absolute Gasteiger partial charge is 0.312 e. The Balaban J connectivity index is 1.49. The third-order valence-corrected chi connectivity index (χ3v) is 10.6. The van der Waals surface area contributed by atoms with E-state index in [1.165, 1.54) is 0 Å². The molecule has 2 N–H and O–H groups in total. The predicted octanol–water partition coefficient (Wildman–Crippen LogP) is 4.38. The molecule has 5 aliphatic rings. The van der Waals surface area contributed by atoms with E-state index in [4.69, 9.17) is 9.47 Å². The number of hydrogen-bond donors (Lipinski definition) is 2. The molecule has 5 heteroatoms. The number of phenols is 1. The number of cyclic esters (lactones) is 1. The van der Waals surface area contributed by atoms with Gasteiger partial charge < -0.3 is 19.7 Å². The molecular formula is C26H34O5. The van der Waals surface area contributed by atoms with Crippen molar-refractivity contribution in [1.82, 2.24) is 0 Å². The van der Waals surface area contributed by atoms with Crippen LogP contribution < -0.4 is 4.74 Å². The van der Waals surface area contributed by atoms with Crippen molar-refractivity contribution < 1.29 is 24.5 Å². The fourth-order valence-electron chi connectivity index (χ4n) is 9.17. The summed E-state index contributed by atoms with van der Waals surface area (Å²) in [5.41, 5.74) is -1.39. The molecule has 168 valence electrons. The highest BCUT2D eigenvalue weighted by Gasteiger charge is 2.75. The predicted molar refractivity (Wildman–Crippen MR) is 115 cm³/mol. The number of hydrogen-bond acceptors (Lipinski definition) is 5. The summed E-state index contributed by atoms with van der Waals surface area (Å²) in [5, 5.41) is 21.9. The SMILES string of the molecule is C[C@]12CCC[C@@]3(COC1=O)[C@H]2CC[C@]1(C)[C@@H]3CC[C@](C)(O)[C@@]12Cc1cc(O)ccc1O2. The summed E-state index contributed by atoms with van der Waals surface area (Å²) in [5.74, 6) is 1.69. The fourth-order valence-corrected chi connectivity index (χ4v) is 9.17. The minimum Gasteiger partial charge on any atom is -0.508 e. The van der Waals surface area contributed by atoms with Crippen molar-refractivity contribution >= 4 is 5.97 Å². The first kappa shape index (κ1) is 19.9. The van der Waals surface area contributed by atoms with Gasteiger partial charge in [0.15, 0.2) is 0 Å². The minimum absolute atomic E-state index is 0.00561. The van der Waals surface area contributed by atoms with E-state index in [-0.39, 0.29) is 28.0 Å². The molecule has 2 bridgehead atoms. The Morgan fingerprint density at radius 1 is 1.03 bits per heavy atom. The van der Waals surface area contributed by atoms with Crippen LogP contribution in [0.25, 0.3) is 0 Å². The summed E-state index contributed by atoms with van der Waals surface area (Å²) in [6.45, 7) is 6.91. The zero-order chi connectivity index (χ0) is 21.9. The standard InChI is InChI=1S/C26H34O5/c1-22-9-4-10-25(15-30-21(22)28)19(22)7-11-23(2)20(25)8-12-24(3,29)26(23)14-16-13-17(27)5-6-18(16)31-26/h5-6,13,19-20,27,29H,4,7-12,14-15H2,1-3H3/t19-,20-,22+,23+,24-,25+,26+/m0/s1. The van der Waals surface area contributed by atoms with Crippen LogP contribution in [-0.2, 0) is 16.0 Å². The lowest BCUT2D eigenvalue weighted by Gasteiger charge is -2.71. The topological polar surface area (TPSA) is 76.0 Å². The number of benzene rings is 1. The third-order valence-electron chi connectivity index (χ3n) is 10.6. The summed E-state index contributed by atoms with van der Waals surface area (Å²) in [6.07, 6.45) is 7.19. The second-order valence-corrected chi connectivity index (χ2v) is 11.9. The highest BCUT2D eigenvalue weighted by molar-refractivity contribution is 5.78. The molecule has 0 radical (unpaired) electrons. The highest BCUT2D eigenvalue weighted by Crippen LogP contribution is 2.73. The normalized spacial score (nSPS) is 50.1. The van der Waals surface area contributed by atoms with Gasteiger partial charge in [-0.1, -0.05) is 13.3 Å². The van der Waals surface area contributed by atoms with Gasteiger partial charge in [-0.25, -0.2) is 0 Å². The zero-order valence-corrected chi connectivity index (χ0v) is 18.9. The first-order valence-electron chi connectivity index (χ1n) is 12.0. The fraction of sp³-hybridized carbons (Fsp3) is 0.731. The van der Waals surface area contributed by atoms with Crippen LogP contribution in [0.5, 0.6) is 11.5 Å². The molecule has 1 saturated heterocycles. The van der Waals surface area contributed by atoms with Gasteiger partial charge in [0.05, 0.1) is 12.0 Å². The second-order valence-electron chi connectivity index (χ2n) is 11.9. The number of carbonyl (C=O) groups is 1. The van der Waals surface area contributed by atoms with E-state index in [0.29, 0.717) is 31.3 Å². The quantitative estimate of drug-likeness (QED) is 0.602. The molecular weight excluding hydrogens is 392 g/mol. The molecule has 1 aromatic carbocycles. The molecule has 0 aromatic heterocycles. The highest BCUT2D eigenvalue weighted by atomic mass is 16.5. The van der Waals surface area contributed by atoms with Crippen LogP contribution in [0.2, 0.25) is 0 Å². The van der Waals surface area contributed by atoms with Gasteiger partial charge in [0.25, 0.3) is 0 Å². The van der Waals surface area contributed by atoms with Crippen molar-refractivity contribution in [2.75, 3.05) is 6.61 Å². The van der Waals surface area contributed by atoms with Crippen molar-refractivity contribution in [3.63, 3.8) is 0 Å². The zero-order valence-electron chi connectivity index (χ0n) is 18.9. The van der Waals surface area contributed by atoms with E-state index in [9.17, 15) is 15.0 Å². The van der Waals surface area contributed by atoms with Gasteiger partial charge in [0, 0.05) is 22.8 Å². The van der Waals surface area contributed by atoms with E-state index >= 15 is 0 Å². The van der Waals surface area contributed by atoms with E-state index in [2.05, 4.69) is 13.8 Å². The van der Waals surface area contributed by atoms with Gasteiger partial charge in [-0.3, -0.25) is 4.79 Å². The molecule has 4 fully saturated rings. The van der Waals surface area contributed by atoms with Crippen LogP contribution in [0, 0.1) is 28.1 Å². The van der Waals surface area contributed by atoms with Crippen molar-refractivity contribution in [3.05, 3.63) is 23.8 Å². The molecule has 3 aliphatic carbocycles. The van der Waals surface area contributed by atoms with Gasteiger partial charge in [0.2, 0.25) is 0 Å². The Hall–Kier alpha value is -1.75. The Morgan fingerprint density at radius 3 is 2.61 bits per heavy atom. The molecule has 0 amide bonds. The first-order valence-corrected chi connectivity index (χ1v) is 12.0. The van der Waals surface area contributed by atoms with Crippen molar-refractivity contribution in [2.45, 2.75) is 83.3 Å². The summed E-state index contributed by atoms with van der Waals surface area (Å²) >= 11 is 0. The lowest BCUT2D eigenvalue weighted by atomic mass is 9.36. The molecule has 0 unspecified atom stereocenters. The molecule has 5 nitrogen and oxygen atoms in total. The molecule has 3 saturated carbocycles. The largest absolute Gasteiger partial charge is 0.508 e. The van der Waals surface area contributed by atoms with Crippen LogP contribution in [0.15, 0.2) is 18.2 Å². The van der Waals surface area contributed by atoms with Crippen molar-refractivity contribution in [1.29, 1.82) is 0 Å². The minimum atomic E-state index is -0.973. The van der Waals surface area contributed by atoms with Gasteiger partial charge in [-0.15, -0.1) is 0 Å². The molecule has 2 aliphatic heterocycles. The Kier molecular flexibility index (Phi) is 3.71. The van der Waals surface area contributed by atoms with E-state index in [0.717, 1.165) is 49.8 Å². The first-order chi connectivity index (χ1) is 14.6. The number of fused-ring (bicyclic) bond motifs is 3. The lowest BCUT2D eigenvalue weighted by molar-refractivity contribution is -0.293. The van der Waals surface area contributed by atoms with E-state index in [1.54, 1.807) is 12.1 Å². The molecule has 1 aromatic rings. The summed E-state index contributed by atoms with van der Waals surface area (Å²) in [4.78, 5) is 12.8. The number of esters is 1. The van der Waals surface area contributed by atoms with E-state index in [1.807, 2.05) is 13.0 Å². The molecule has 2 heterocycles. The maximum absolute atomic E-state index is 12.8. The number of ether oxygens (including phenoxy) is 2. The Bertz CT molecular complexity index is 971. The summed E-state index contributed by atoms with van der Waals surface area (Å²) in [7, 11) is 0.